The van der Waals surface area contributed by atoms with Crippen molar-refractivity contribution in [2.75, 3.05) is 6.61 Å². The van der Waals surface area contributed by atoms with E-state index in [4.69, 9.17) is 22.2 Å². The molecule has 15 heavy (non-hydrogen) atoms. The van der Waals surface area contributed by atoms with Gasteiger partial charge in [0.05, 0.1) is 0 Å². The second-order valence-corrected chi connectivity index (χ2v) is 2.98. The molecule has 6 heteroatoms. The van der Waals surface area contributed by atoms with Crippen molar-refractivity contribution in [3.8, 4) is 5.88 Å². The van der Waals surface area contributed by atoms with Crippen LogP contribution in [0.15, 0.2) is 24.8 Å². The molecule has 0 aliphatic rings. The first kappa shape index (κ1) is 11.5. The van der Waals surface area contributed by atoms with Crippen LogP contribution in [0.1, 0.15) is 10.4 Å². The van der Waals surface area contributed by atoms with Crippen LogP contribution in [0.4, 0.5) is 0 Å². The Morgan fingerprint density at radius 2 is 2.47 bits per heavy atom. The molecule has 1 amide bonds. The van der Waals surface area contributed by atoms with Gasteiger partial charge in [-0.2, -0.15) is 0 Å². The fourth-order valence-electron chi connectivity index (χ4n) is 0.906. The number of hydrogen-bond acceptors (Lipinski definition) is 4. The van der Waals surface area contributed by atoms with E-state index in [1.54, 1.807) is 6.08 Å². The zero-order valence-corrected chi connectivity index (χ0v) is 8.62. The lowest BCUT2D eigenvalue weighted by Crippen LogP contribution is -2.30. The number of rotatable bonds is 4. The number of pyridine rings is 1. The standard InChI is InChI=1S/C9H10ClN3O2/c1-2-3-15-8-5-6(9(14)13-11)4-7(10)12-8/h2,4-5H,1,3,11H2,(H,13,14). The quantitative estimate of drug-likeness (QED) is 0.263. The molecule has 1 aromatic heterocycles. The summed E-state index contributed by atoms with van der Waals surface area (Å²) in [6.45, 7) is 3.78. The van der Waals surface area contributed by atoms with Gasteiger partial charge >= 0.3 is 0 Å². The smallest absolute Gasteiger partial charge is 0.265 e. The number of nitrogens with zero attached hydrogens (tertiary/aromatic N) is 1. The number of halogens is 1. The molecule has 0 aliphatic heterocycles. The maximum atomic E-state index is 11.2. The van der Waals surface area contributed by atoms with Crippen LogP contribution in [0.25, 0.3) is 0 Å². The second-order valence-electron chi connectivity index (χ2n) is 2.59. The van der Waals surface area contributed by atoms with Gasteiger partial charge < -0.3 is 4.74 Å². The molecule has 0 spiro atoms. The number of aromatic nitrogens is 1. The molecule has 0 bridgehead atoms. The fraction of sp³-hybridized carbons (Fsp3) is 0.111. The summed E-state index contributed by atoms with van der Waals surface area (Å²) in [4.78, 5) is 15.1. The van der Waals surface area contributed by atoms with Gasteiger partial charge in [0.25, 0.3) is 5.91 Å². The number of carbonyl (C=O) groups excluding carboxylic acids is 1. The highest BCUT2D eigenvalue weighted by Crippen LogP contribution is 2.16. The molecule has 3 N–H and O–H groups in total. The Kier molecular flexibility index (Phi) is 4.08. The van der Waals surface area contributed by atoms with Gasteiger partial charge in [-0.05, 0) is 6.07 Å². The molecular formula is C9H10ClN3O2. The average Bonchev–Trinajstić information content (AvgIpc) is 2.24. The third-order valence-corrected chi connectivity index (χ3v) is 1.71. The van der Waals surface area contributed by atoms with Gasteiger partial charge in [0.1, 0.15) is 11.8 Å². The van der Waals surface area contributed by atoms with Gasteiger partial charge in [0, 0.05) is 11.6 Å². The number of hydrazine groups is 1. The highest BCUT2D eigenvalue weighted by Gasteiger charge is 2.08. The number of amides is 1. The van der Waals surface area contributed by atoms with E-state index in [-0.39, 0.29) is 23.2 Å². The van der Waals surface area contributed by atoms with Crippen LogP contribution in [0, 0.1) is 0 Å². The third-order valence-electron chi connectivity index (χ3n) is 1.51. The predicted octanol–water partition coefficient (Wildman–Crippen LogP) is 0.903. The zero-order chi connectivity index (χ0) is 11.3. The van der Waals surface area contributed by atoms with Gasteiger partial charge in [-0.3, -0.25) is 10.2 Å². The second kappa shape index (κ2) is 5.33. The molecule has 1 rings (SSSR count). The Balaban J connectivity index is 2.94. The van der Waals surface area contributed by atoms with Gasteiger partial charge in [0.15, 0.2) is 0 Å². The van der Waals surface area contributed by atoms with Crippen molar-refractivity contribution in [2.24, 2.45) is 5.84 Å². The van der Waals surface area contributed by atoms with Crippen molar-refractivity contribution < 1.29 is 9.53 Å². The summed E-state index contributed by atoms with van der Waals surface area (Å²) in [5.41, 5.74) is 2.28. The summed E-state index contributed by atoms with van der Waals surface area (Å²) in [6, 6.07) is 2.84. The van der Waals surface area contributed by atoms with E-state index in [9.17, 15) is 4.79 Å². The van der Waals surface area contributed by atoms with Gasteiger partial charge in [0.2, 0.25) is 5.88 Å². The first-order chi connectivity index (χ1) is 7.17. The maximum absolute atomic E-state index is 11.2. The molecule has 0 saturated carbocycles. The topological polar surface area (TPSA) is 77.2 Å². The summed E-state index contributed by atoms with van der Waals surface area (Å²) in [7, 11) is 0. The van der Waals surface area contributed by atoms with Gasteiger partial charge in [-0.25, -0.2) is 10.8 Å². The highest BCUT2D eigenvalue weighted by molar-refractivity contribution is 6.29. The van der Waals surface area contributed by atoms with Crippen LogP contribution in [-0.2, 0) is 0 Å². The molecule has 80 valence electrons. The van der Waals surface area contributed by atoms with Crippen molar-refractivity contribution in [3.05, 3.63) is 35.5 Å². The number of nitrogens with one attached hydrogen (secondary N) is 1. The molecule has 1 heterocycles. The van der Waals surface area contributed by atoms with E-state index in [1.165, 1.54) is 12.1 Å². The van der Waals surface area contributed by atoms with E-state index in [2.05, 4.69) is 11.6 Å². The summed E-state index contributed by atoms with van der Waals surface area (Å²) >= 11 is 5.69. The highest BCUT2D eigenvalue weighted by atomic mass is 35.5. The molecule has 0 atom stereocenters. The Hall–Kier alpha value is -1.59. The summed E-state index contributed by atoms with van der Waals surface area (Å²) in [5.74, 6) is 4.78. The van der Waals surface area contributed by atoms with E-state index < -0.39 is 5.91 Å². The molecule has 0 unspecified atom stereocenters. The lowest BCUT2D eigenvalue weighted by molar-refractivity contribution is 0.0953. The molecular weight excluding hydrogens is 218 g/mol. The average molecular weight is 228 g/mol. The number of nitrogen functional groups attached to an aromatic ring is 1. The monoisotopic (exact) mass is 227 g/mol. The molecule has 0 aromatic carbocycles. The molecule has 0 saturated heterocycles. The van der Waals surface area contributed by atoms with E-state index in [0.717, 1.165) is 0 Å². The number of ether oxygens (including phenoxy) is 1. The maximum Gasteiger partial charge on any atom is 0.265 e. The van der Waals surface area contributed by atoms with Crippen LogP contribution in [0.5, 0.6) is 5.88 Å². The van der Waals surface area contributed by atoms with Crippen LogP contribution in [-0.4, -0.2) is 17.5 Å². The van der Waals surface area contributed by atoms with Crippen molar-refractivity contribution in [1.29, 1.82) is 0 Å². The predicted molar refractivity (Wildman–Crippen MR) is 56.6 cm³/mol. The summed E-state index contributed by atoms with van der Waals surface area (Å²) < 4.78 is 5.14. The molecule has 0 radical (unpaired) electrons. The number of nitrogens with two attached hydrogens (primary N) is 1. The fourth-order valence-corrected chi connectivity index (χ4v) is 1.11. The minimum absolute atomic E-state index is 0.162. The number of hydrogen-bond donors (Lipinski definition) is 2. The SMILES string of the molecule is C=CCOc1cc(C(=O)NN)cc(Cl)n1. The van der Waals surface area contributed by atoms with Crippen molar-refractivity contribution in [3.63, 3.8) is 0 Å². The Morgan fingerprint density at radius 1 is 1.73 bits per heavy atom. The zero-order valence-electron chi connectivity index (χ0n) is 7.87. The van der Waals surface area contributed by atoms with Crippen LogP contribution >= 0.6 is 11.6 Å². The van der Waals surface area contributed by atoms with Crippen LogP contribution < -0.4 is 16.0 Å². The van der Waals surface area contributed by atoms with Gasteiger partial charge in [-0.15, -0.1) is 0 Å². The van der Waals surface area contributed by atoms with Crippen molar-refractivity contribution in [1.82, 2.24) is 10.4 Å². The first-order valence-electron chi connectivity index (χ1n) is 4.09. The van der Waals surface area contributed by atoms with E-state index >= 15 is 0 Å². The van der Waals surface area contributed by atoms with Gasteiger partial charge in [-0.1, -0.05) is 24.3 Å². The third kappa shape index (κ3) is 3.23. The Bertz CT molecular complexity index is 382. The molecule has 0 fully saturated rings. The Morgan fingerprint density at radius 3 is 3.07 bits per heavy atom. The van der Waals surface area contributed by atoms with Crippen molar-refractivity contribution >= 4 is 17.5 Å². The molecule has 0 aliphatic carbocycles. The van der Waals surface area contributed by atoms with Crippen LogP contribution in [0.2, 0.25) is 5.15 Å². The molecule has 1 aromatic rings. The summed E-state index contributed by atoms with van der Waals surface area (Å²) in [6.07, 6.45) is 1.56. The minimum Gasteiger partial charge on any atom is -0.473 e. The lowest BCUT2D eigenvalue weighted by Gasteiger charge is -2.05. The minimum atomic E-state index is -0.456. The Labute approximate surface area is 91.9 Å². The van der Waals surface area contributed by atoms with Crippen LogP contribution in [0.3, 0.4) is 0 Å². The molecule has 5 nitrogen and oxygen atoms in total. The van der Waals surface area contributed by atoms with E-state index in [1.807, 2.05) is 5.43 Å². The lowest BCUT2D eigenvalue weighted by atomic mass is 10.2. The summed E-state index contributed by atoms with van der Waals surface area (Å²) in [5, 5.41) is 0.162. The van der Waals surface area contributed by atoms with E-state index in [0.29, 0.717) is 0 Å². The normalized spacial score (nSPS) is 9.47. The largest absolute Gasteiger partial charge is 0.473 e. The number of carbonyl (C=O) groups is 1. The van der Waals surface area contributed by atoms with Crippen molar-refractivity contribution in [2.45, 2.75) is 0 Å². The first-order valence-corrected chi connectivity index (χ1v) is 4.47.